The Hall–Kier alpha value is -1.13. The summed E-state index contributed by atoms with van der Waals surface area (Å²) < 4.78 is 1.07. The number of carbonyl (C=O) groups excluding carboxylic acids is 1. The highest BCUT2D eigenvalue weighted by atomic mass is 79.9. The largest absolute Gasteiger partial charge is 0.351 e. The van der Waals surface area contributed by atoms with Crippen LogP contribution in [-0.2, 0) is 17.8 Å². The lowest BCUT2D eigenvalue weighted by molar-refractivity contribution is -0.121. The van der Waals surface area contributed by atoms with Gasteiger partial charge in [0.25, 0.3) is 0 Å². The Morgan fingerprint density at radius 3 is 2.84 bits per heavy atom. The summed E-state index contributed by atoms with van der Waals surface area (Å²) >= 11 is 5.05. The number of carbonyl (C=O) groups is 1. The Bertz CT molecular complexity index is 565. The highest BCUT2D eigenvalue weighted by Gasteiger charge is 2.05. The number of hydrogen-bond donors (Lipinski definition) is 1. The first kappa shape index (κ1) is 14.3. The first-order valence-electron chi connectivity index (χ1n) is 6.19. The van der Waals surface area contributed by atoms with Crippen LogP contribution in [0.3, 0.4) is 0 Å². The predicted molar refractivity (Wildman–Crippen MR) is 83.4 cm³/mol. The molecule has 0 saturated heterocycles. The molecule has 0 aliphatic heterocycles. The van der Waals surface area contributed by atoms with Gasteiger partial charge in [-0.1, -0.05) is 24.3 Å². The second-order valence-corrected chi connectivity index (χ2v) is 6.35. The normalized spacial score (nSPS) is 10.4. The van der Waals surface area contributed by atoms with E-state index in [0.717, 1.165) is 15.8 Å². The fourth-order valence-electron chi connectivity index (χ4n) is 1.86. The summed E-state index contributed by atoms with van der Waals surface area (Å²) in [6.07, 6.45) is 1.34. The number of benzene rings is 1. The van der Waals surface area contributed by atoms with Gasteiger partial charge in [0.15, 0.2) is 0 Å². The molecule has 2 rings (SSSR count). The lowest BCUT2D eigenvalue weighted by Gasteiger charge is -2.06. The molecule has 1 N–H and O–H groups in total. The summed E-state index contributed by atoms with van der Waals surface area (Å²) in [5.41, 5.74) is 2.49. The molecule has 4 heteroatoms. The van der Waals surface area contributed by atoms with E-state index in [2.05, 4.69) is 40.3 Å². The summed E-state index contributed by atoms with van der Waals surface area (Å²) in [7, 11) is 0. The molecule has 0 fully saturated rings. The Kier molecular flexibility index (Phi) is 5.16. The third-order valence-corrected chi connectivity index (χ3v) is 4.66. The van der Waals surface area contributed by atoms with Crippen molar-refractivity contribution in [1.29, 1.82) is 0 Å². The maximum Gasteiger partial charge on any atom is 0.220 e. The first-order valence-corrected chi connectivity index (χ1v) is 7.86. The van der Waals surface area contributed by atoms with Gasteiger partial charge in [0, 0.05) is 21.2 Å². The number of nitrogens with one attached hydrogen (secondary N) is 1. The average molecular weight is 338 g/mol. The zero-order valence-electron chi connectivity index (χ0n) is 10.8. The molecule has 0 aliphatic rings. The van der Waals surface area contributed by atoms with Crippen molar-refractivity contribution in [3.05, 3.63) is 56.2 Å². The van der Waals surface area contributed by atoms with Crippen LogP contribution in [0.25, 0.3) is 0 Å². The van der Waals surface area contributed by atoms with E-state index in [1.165, 1.54) is 11.1 Å². The molecular formula is C15H16BrNOS. The van der Waals surface area contributed by atoms with Crippen molar-refractivity contribution in [2.75, 3.05) is 0 Å². The van der Waals surface area contributed by atoms with Gasteiger partial charge < -0.3 is 5.32 Å². The van der Waals surface area contributed by atoms with E-state index in [9.17, 15) is 4.79 Å². The minimum atomic E-state index is 0.104. The van der Waals surface area contributed by atoms with Crippen molar-refractivity contribution in [2.45, 2.75) is 26.3 Å². The number of thiophene rings is 1. The minimum Gasteiger partial charge on any atom is -0.351 e. The number of halogens is 1. The number of aryl methyl sites for hydroxylation is 2. The standard InChI is InChI=1S/C15H16BrNOS/c1-11-4-2-3-5-12(11)6-7-15(18)17-9-14-8-13(16)10-19-14/h2-5,8,10H,6-7,9H2,1H3,(H,17,18). The fourth-order valence-corrected chi connectivity index (χ4v) is 3.25. The van der Waals surface area contributed by atoms with Crippen LogP contribution in [-0.4, -0.2) is 5.91 Å². The van der Waals surface area contributed by atoms with Gasteiger partial charge in [-0.05, 0) is 46.5 Å². The monoisotopic (exact) mass is 337 g/mol. The van der Waals surface area contributed by atoms with Crippen LogP contribution in [0, 0.1) is 6.92 Å². The Labute approximate surface area is 126 Å². The van der Waals surface area contributed by atoms with E-state index < -0.39 is 0 Å². The molecule has 2 aromatic rings. The van der Waals surface area contributed by atoms with Crippen molar-refractivity contribution >= 4 is 33.2 Å². The SMILES string of the molecule is Cc1ccccc1CCC(=O)NCc1cc(Br)cs1. The van der Waals surface area contributed by atoms with Gasteiger partial charge in [0.2, 0.25) is 5.91 Å². The zero-order valence-corrected chi connectivity index (χ0v) is 13.2. The molecule has 19 heavy (non-hydrogen) atoms. The van der Waals surface area contributed by atoms with Gasteiger partial charge in [0.05, 0.1) is 6.54 Å². The van der Waals surface area contributed by atoms with Gasteiger partial charge >= 0.3 is 0 Å². The smallest absolute Gasteiger partial charge is 0.220 e. The van der Waals surface area contributed by atoms with Crippen LogP contribution in [0.5, 0.6) is 0 Å². The summed E-state index contributed by atoms with van der Waals surface area (Å²) in [6, 6.07) is 10.2. The van der Waals surface area contributed by atoms with E-state index in [0.29, 0.717) is 13.0 Å². The van der Waals surface area contributed by atoms with Crippen molar-refractivity contribution in [3.63, 3.8) is 0 Å². The fraction of sp³-hybridized carbons (Fsp3) is 0.267. The van der Waals surface area contributed by atoms with E-state index in [1.54, 1.807) is 11.3 Å². The molecular weight excluding hydrogens is 322 g/mol. The molecule has 1 aromatic carbocycles. The molecule has 1 amide bonds. The number of hydrogen-bond acceptors (Lipinski definition) is 2. The zero-order chi connectivity index (χ0) is 13.7. The lowest BCUT2D eigenvalue weighted by Crippen LogP contribution is -2.22. The van der Waals surface area contributed by atoms with Crippen molar-refractivity contribution in [2.24, 2.45) is 0 Å². The van der Waals surface area contributed by atoms with E-state index in [-0.39, 0.29) is 5.91 Å². The maximum absolute atomic E-state index is 11.8. The van der Waals surface area contributed by atoms with Crippen molar-refractivity contribution < 1.29 is 4.79 Å². The molecule has 1 heterocycles. The van der Waals surface area contributed by atoms with Crippen LogP contribution < -0.4 is 5.32 Å². The lowest BCUT2D eigenvalue weighted by atomic mass is 10.0. The summed E-state index contributed by atoms with van der Waals surface area (Å²) in [5.74, 6) is 0.104. The molecule has 0 spiro atoms. The molecule has 0 aliphatic carbocycles. The third-order valence-electron chi connectivity index (χ3n) is 2.96. The molecule has 100 valence electrons. The summed E-state index contributed by atoms with van der Waals surface area (Å²) in [6.45, 7) is 2.69. The van der Waals surface area contributed by atoms with E-state index in [4.69, 9.17) is 0 Å². The van der Waals surface area contributed by atoms with Crippen LogP contribution in [0.15, 0.2) is 40.2 Å². The van der Waals surface area contributed by atoms with Crippen LogP contribution in [0.1, 0.15) is 22.4 Å². The maximum atomic E-state index is 11.8. The Morgan fingerprint density at radius 2 is 2.16 bits per heavy atom. The Morgan fingerprint density at radius 1 is 1.37 bits per heavy atom. The summed E-state index contributed by atoms with van der Waals surface area (Å²) in [4.78, 5) is 13.0. The highest BCUT2D eigenvalue weighted by Crippen LogP contribution is 2.19. The van der Waals surface area contributed by atoms with Crippen molar-refractivity contribution in [1.82, 2.24) is 5.32 Å². The summed E-state index contributed by atoms with van der Waals surface area (Å²) in [5, 5.41) is 4.98. The Balaban J connectivity index is 1.77. The van der Waals surface area contributed by atoms with Crippen LogP contribution in [0.2, 0.25) is 0 Å². The second-order valence-electron chi connectivity index (χ2n) is 4.43. The van der Waals surface area contributed by atoms with Crippen LogP contribution >= 0.6 is 27.3 Å². The molecule has 0 atom stereocenters. The quantitative estimate of drug-likeness (QED) is 0.875. The molecule has 2 nitrogen and oxygen atoms in total. The van der Waals surface area contributed by atoms with Gasteiger partial charge in [-0.2, -0.15) is 0 Å². The van der Waals surface area contributed by atoms with Gasteiger partial charge in [-0.25, -0.2) is 0 Å². The van der Waals surface area contributed by atoms with E-state index >= 15 is 0 Å². The van der Waals surface area contributed by atoms with E-state index in [1.807, 2.05) is 23.6 Å². The average Bonchev–Trinajstić information content (AvgIpc) is 2.81. The number of amides is 1. The second kappa shape index (κ2) is 6.87. The number of rotatable bonds is 5. The molecule has 1 aromatic heterocycles. The van der Waals surface area contributed by atoms with Gasteiger partial charge in [0.1, 0.15) is 0 Å². The highest BCUT2D eigenvalue weighted by molar-refractivity contribution is 9.10. The minimum absolute atomic E-state index is 0.104. The third kappa shape index (κ3) is 4.48. The first-order chi connectivity index (χ1) is 9.15. The molecule has 0 unspecified atom stereocenters. The molecule has 0 saturated carbocycles. The predicted octanol–water partition coefficient (Wildman–Crippen LogP) is 4.07. The van der Waals surface area contributed by atoms with Gasteiger partial charge in [-0.15, -0.1) is 11.3 Å². The topological polar surface area (TPSA) is 29.1 Å². The molecule has 0 radical (unpaired) electrons. The molecule has 0 bridgehead atoms. The van der Waals surface area contributed by atoms with Gasteiger partial charge in [-0.3, -0.25) is 4.79 Å². The van der Waals surface area contributed by atoms with Crippen molar-refractivity contribution in [3.8, 4) is 0 Å². The van der Waals surface area contributed by atoms with Crippen LogP contribution in [0.4, 0.5) is 0 Å².